The standard InChI is InChI=1S/C14H27N3O/c1-2-14(5-3-4-6-14)12-16-13(18)11-17-9-7-15-8-10-17/h15H,2-12H2,1H3,(H,16,18). The third kappa shape index (κ3) is 3.69. The Kier molecular flexibility index (Phi) is 5.01. The summed E-state index contributed by atoms with van der Waals surface area (Å²) in [7, 11) is 0. The second kappa shape index (κ2) is 6.53. The summed E-state index contributed by atoms with van der Waals surface area (Å²) in [5.74, 6) is 0.205. The molecule has 2 fully saturated rings. The molecule has 1 saturated carbocycles. The van der Waals surface area contributed by atoms with Crippen molar-refractivity contribution in [3.63, 3.8) is 0 Å². The smallest absolute Gasteiger partial charge is 0.234 e. The van der Waals surface area contributed by atoms with Gasteiger partial charge in [0.2, 0.25) is 5.91 Å². The zero-order valence-corrected chi connectivity index (χ0v) is 11.6. The van der Waals surface area contributed by atoms with E-state index in [1.807, 2.05) is 0 Å². The Morgan fingerprint density at radius 3 is 2.56 bits per heavy atom. The summed E-state index contributed by atoms with van der Waals surface area (Å²) in [4.78, 5) is 14.2. The molecule has 4 nitrogen and oxygen atoms in total. The second-order valence-electron chi connectivity index (χ2n) is 5.86. The van der Waals surface area contributed by atoms with Gasteiger partial charge in [-0.2, -0.15) is 0 Å². The average molecular weight is 253 g/mol. The predicted molar refractivity (Wildman–Crippen MR) is 73.5 cm³/mol. The van der Waals surface area contributed by atoms with Crippen LogP contribution in [0.4, 0.5) is 0 Å². The Bertz CT molecular complexity index is 268. The molecule has 1 heterocycles. The van der Waals surface area contributed by atoms with Crippen molar-refractivity contribution in [2.75, 3.05) is 39.3 Å². The molecular weight excluding hydrogens is 226 g/mol. The third-order valence-corrected chi connectivity index (χ3v) is 4.65. The fraction of sp³-hybridized carbons (Fsp3) is 0.929. The van der Waals surface area contributed by atoms with E-state index in [-0.39, 0.29) is 5.91 Å². The molecule has 104 valence electrons. The van der Waals surface area contributed by atoms with Crippen molar-refractivity contribution >= 4 is 5.91 Å². The molecule has 18 heavy (non-hydrogen) atoms. The number of carbonyl (C=O) groups excluding carboxylic acids is 1. The van der Waals surface area contributed by atoms with Crippen LogP contribution in [0.2, 0.25) is 0 Å². The lowest BCUT2D eigenvalue weighted by Gasteiger charge is -2.29. The molecule has 4 heteroatoms. The number of hydrogen-bond acceptors (Lipinski definition) is 3. The molecule has 0 spiro atoms. The van der Waals surface area contributed by atoms with Crippen LogP contribution < -0.4 is 10.6 Å². The molecule has 2 N–H and O–H groups in total. The molecule has 0 aromatic carbocycles. The molecule has 0 bridgehead atoms. The van der Waals surface area contributed by atoms with Crippen LogP contribution in [0.15, 0.2) is 0 Å². The van der Waals surface area contributed by atoms with E-state index in [4.69, 9.17) is 0 Å². The Hall–Kier alpha value is -0.610. The molecule has 0 aromatic heterocycles. The second-order valence-corrected chi connectivity index (χ2v) is 5.86. The maximum absolute atomic E-state index is 12.0. The van der Waals surface area contributed by atoms with Crippen LogP contribution in [0.3, 0.4) is 0 Å². The summed E-state index contributed by atoms with van der Waals surface area (Å²) in [6.45, 7) is 7.71. The summed E-state index contributed by atoms with van der Waals surface area (Å²) in [5.41, 5.74) is 0.402. The topological polar surface area (TPSA) is 44.4 Å². The highest BCUT2D eigenvalue weighted by Crippen LogP contribution is 2.40. The number of rotatable bonds is 5. The van der Waals surface area contributed by atoms with Crippen molar-refractivity contribution in [1.82, 2.24) is 15.5 Å². The molecule has 0 atom stereocenters. The van der Waals surface area contributed by atoms with Gasteiger partial charge in [0, 0.05) is 32.7 Å². The van der Waals surface area contributed by atoms with Crippen LogP contribution in [0.1, 0.15) is 39.0 Å². The van der Waals surface area contributed by atoms with Gasteiger partial charge in [-0.3, -0.25) is 9.69 Å². The minimum Gasteiger partial charge on any atom is -0.354 e. The third-order valence-electron chi connectivity index (χ3n) is 4.65. The maximum Gasteiger partial charge on any atom is 0.234 e. The fourth-order valence-electron chi connectivity index (χ4n) is 3.19. The monoisotopic (exact) mass is 253 g/mol. The molecule has 2 rings (SSSR count). The Balaban J connectivity index is 1.70. The Morgan fingerprint density at radius 2 is 1.94 bits per heavy atom. The molecule has 0 radical (unpaired) electrons. The minimum atomic E-state index is 0.205. The van der Waals surface area contributed by atoms with Gasteiger partial charge in [-0.05, 0) is 24.7 Å². The van der Waals surface area contributed by atoms with E-state index < -0.39 is 0 Å². The molecule has 0 unspecified atom stereocenters. The largest absolute Gasteiger partial charge is 0.354 e. The Morgan fingerprint density at radius 1 is 1.28 bits per heavy atom. The maximum atomic E-state index is 12.0. The van der Waals surface area contributed by atoms with Crippen LogP contribution in [0.5, 0.6) is 0 Å². The molecule has 1 amide bonds. The fourth-order valence-corrected chi connectivity index (χ4v) is 3.19. The van der Waals surface area contributed by atoms with Gasteiger partial charge in [-0.15, -0.1) is 0 Å². The van der Waals surface area contributed by atoms with E-state index in [0.717, 1.165) is 32.7 Å². The van der Waals surface area contributed by atoms with Crippen LogP contribution in [0, 0.1) is 5.41 Å². The van der Waals surface area contributed by atoms with Gasteiger partial charge >= 0.3 is 0 Å². The van der Waals surface area contributed by atoms with E-state index in [1.165, 1.54) is 32.1 Å². The number of piperazine rings is 1. The van der Waals surface area contributed by atoms with Gasteiger partial charge in [0.1, 0.15) is 0 Å². The molecule has 0 aromatic rings. The summed E-state index contributed by atoms with van der Waals surface area (Å²) >= 11 is 0. The first-order chi connectivity index (χ1) is 8.74. The van der Waals surface area contributed by atoms with Gasteiger partial charge in [-0.25, -0.2) is 0 Å². The molecular formula is C14H27N3O. The zero-order chi connectivity index (χ0) is 12.8. The van der Waals surface area contributed by atoms with Crippen molar-refractivity contribution in [3.05, 3.63) is 0 Å². The van der Waals surface area contributed by atoms with E-state index in [2.05, 4.69) is 22.5 Å². The van der Waals surface area contributed by atoms with Gasteiger partial charge in [0.15, 0.2) is 0 Å². The van der Waals surface area contributed by atoms with E-state index in [0.29, 0.717) is 12.0 Å². The molecule has 2 aliphatic rings. The first kappa shape index (κ1) is 13.8. The van der Waals surface area contributed by atoms with Crippen molar-refractivity contribution in [1.29, 1.82) is 0 Å². The van der Waals surface area contributed by atoms with Gasteiger partial charge < -0.3 is 10.6 Å². The lowest BCUT2D eigenvalue weighted by molar-refractivity contribution is -0.122. The summed E-state index contributed by atoms with van der Waals surface area (Å²) in [5, 5.41) is 6.47. The van der Waals surface area contributed by atoms with Crippen molar-refractivity contribution in [3.8, 4) is 0 Å². The summed E-state index contributed by atoms with van der Waals surface area (Å²) in [6.07, 6.45) is 6.44. The lowest BCUT2D eigenvalue weighted by atomic mass is 9.83. The number of carbonyl (C=O) groups is 1. The summed E-state index contributed by atoms with van der Waals surface area (Å²) < 4.78 is 0. The van der Waals surface area contributed by atoms with E-state index >= 15 is 0 Å². The summed E-state index contributed by atoms with van der Waals surface area (Å²) in [6, 6.07) is 0. The van der Waals surface area contributed by atoms with Crippen molar-refractivity contribution in [2.24, 2.45) is 5.41 Å². The number of hydrogen-bond donors (Lipinski definition) is 2. The quantitative estimate of drug-likeness (QED) is 0.767. The van der Waals surface area contributed by atoms with E-state index in [9.17, 15) is 4.79 Å². The SMILES string of the molecule is CCC1(CNC(=O)CN2CCNCC2)CCCC1. The Labute approximate surface area is 110 Å². The van der Waals surface area contributed by atoms with Crippen molar-refractivity contribution < 1.29 is 4.79 Å². The first-order valence-electron chi connectivity index (χ1n) is 7.44. The highest BCUT2D eigenvalue weighted by atomic mass is 16.2. The average Bonchev–Trinajstić information content (AvgIpc) is 2.87. The van der Waals surface area contributed by atoms with Gasteiger partial charge in [0.05, 0.1) is 6.54 Å². The first-order valence-corrected chi connectivity index (χ1v) is 7.44. The van der Waals surface area contributed by atoms with Gasteiger partial charge in [0.25, 0.3) is 0 Å². The van der Waals surface area contributed by atoms with Crippen LogP contribution >= 0.6 is 0 Å². The number of nitrogens with one attached hydrogen (secondary N) is 2. The predicted octanol–water partition coefficient (Wildman–Crippen LogP) is 0.978. The highest BCUT2D eigenvalue weighted by molar-refractivity contribution is 5.78. The van der Waals surface area contributed by atoms with Gasteiger partial charge in [-0.1, -0.05) is 19.8 Å². The van der Waals surface area contributed by atoms with Crippen LogP contribution in [-0.4, -0.2) is 50.1 Å². The van der Waals surface area contributed by atoms with Crippen LogP contribution in [0.25, 0.3) is 0 Å². The van der Waals surface area contributed by atoms with E-state index in [1.54, 1.807) is 0 Å². The van der Waals surface area contributed by atoms with Crippen molar-refractivity contribution in [2.45, 2.75) is 39.0 Å². The lowest BCUT2D eigenvalue weighted by Crippen LogP contribution is -2.48. The molecule has 1 saturated heterocycles. The highest BCUT2D eigenvalue weighted by Gasteiger charge is 2.32. The number of amides is 1. The molecule has 1 aliphatic carbocycles. The normalized spacial score (nSPS) is 24.1. The zero-order valence-electron chi connectivity index (χ0n) is 11.6. The molecule has 1 aliphatic heterocycles. The van der Waals surface area contributed by atoms with Crippen LogP contribution in [-0.2, 0) is 4.79 Å². The minimum absolute atomic E-state index is 0.205. The number of nitrogens with zero attached hydrogens (tertiary/aromatic N) is 1.